The molecule has 5 heteroatoms. The fourth-order valence-electron chi connectivity index (χ4n) is 2.19. The molecule has 2 N–H and O–H groups in total. The normalized spacial score (nSPS) is 19.9. The van der Waals surface area contributed by atoms with Crippen molar-refractivity contribution in [1.82, 2.24) is 15.5 Å². The molecular formula is C13H15N3O2. The van der Waals surface area contributed by atoms with E-state index in [-0.39, 0.29) is 5.75 Å². The molecule has 0 amide bonds. The standard InChI is InChI=1S/C13H15N3O2/c17-11-5-3-9(4-6-11)12-15-13(18-16-12)10-2-1-7-14-8-10/h3-6,10,14,17H,1-2,7-8H2/t10-/m1/s1. The Morgan fingerprint density at radius 3 is 2.83 bits per heavy atom. The Hall–Kier alpha value is -1.88. The maximum absolute atomic E-state index is 9.24. The largest absolute Gasteiger partial charge is 0.508 e. The predicted molar refractivity (Wildman–Crippen MR) is 66.2 cm³/mol. The number of nitrogens with zero attached hydrogens (tertiary/aromatic N) is 2. The minimum Gasteiger partial charge on any atom is -0.508 e. The van der Waals surface area contributed by atoms with Crippen molar-refractivity contribution in [2.45, 2.75) is 18.8 Å². The number of hydrogen-bond donors (Lipinski definition) is 2. The zero-order chi connectivity index (χ0) is 12.4. The quantitative estimate of drug-likeness (QED) is 0.845. The molecule has 1 fully saturated rings. The summed E-state index contributed by atoms with van der Waals surface area (Å²) in [7, 11) is 0. The third-order valence-electron chi connectivity index (χ3n) is 3.21. The molecular weight excluding hydrogens is 230 g/mol. The van der Waals surface area contributed by atoms with Gasteiger partial charge in [-0.15, -0.1) is 0 Å². The van der Waals surface area contributed by atoms with Crippen LogP contribution in [0.15, 0.2) is 28.8 Å². The van der Waals surface area contributed by atoms with Gasteiger partial charge in [-0.25, -0.2) is 0 Å². The topological polar surface area (TPSA) is 71.2 Å². The zero-order valence-corrected chi connectivity index (χ0v) is 9.97. The molecule has 0 aliphatic carbocycles. The van der Waals surface area contributed by atoms with Crippen LogP contribution in [0, 0.1) is 0 Å². The molecule has 1 aromatic heterocycles. The molecule has 0 spiro atoms. The SMILES string of the molecule is Oc1ccc(-c2noc([C@@H]3CCCNC3)n2)cc1. The summed E-state index contributed by atoms with van der Waals surface area (Å²) < 4.78 is 5.33. The van der Waals surface area contributed by atoms with Gasteiger partial charge in [-0.05, 0) is 43.7 Å². The van der Waals surface area contributed by atoms with Gasteiger partial charge in [0.25, 0.3) is 0 Å². The van der Waals surface area contributed by atoms with Crippen molar-refractivity contribution < 1.29 is 9.63 Å². The molecule has 1 aliphatic rings. The molecule has 94 valence electrons. The first-order valence-corrected chi connectivity index (χ1v) is 6.16. The van der Waals surface area contributed by atoms with E-state index >= 15 is 0 Å². The lowest BCUT2D eigenvalue weighted by atomic mass is 10.00. The Balaban J connectivity index is 1.82. The monoisotopic (exact) mass is 245 g/mol. The number of rotatable bonds is 2. The minimum absolute atomic E-state index is 0.235. The smallest absolute Gasteiger partial charge is 0.231 e. The molecule has 18 heavy (non-hydrogen) atoms. The first kappa shape index (κ1) is 11.2. The summed E-state index contributed by atoms with van der Waals surface area (Å²) >= 11 is 0. The van der Waals surface area contributed by atoms with Crippen LogP contribution in [0.2, 0.25) is 0 Å². The first-order chi connectivity index (χ1) is 8.83. The van der Waals surface area contributed by atoms with Crippen LogP contribution in [0.4, 0.5) is 0 Å². The van der Waals surface area contributed by atoms with Crippen molar-refractivity contribution in [3.05, 3.63) is 30.2 Å². The number of aromatic nitrogens is 2. The molecule has 1 saturated heterocycles. The van der Waals surface area contributed by atoms with Gasteiger partial charge in [-0.2, -0.15) is 4.98 Å². The highest BCUT2D eigenvalue weighted by Gasteiger charge is 2.21. The van der Waals surface area contributed by atoms with E-state index in [4.69, 9.17) is 4.52 Å². The Labute approximate surface area is 105 Å². The van der Waals surface area contributed by atoms with Gasteiger partial charge in [0.15, 0.2) is 0 Å². The van der Waals surface area contributed by atoms with Crippen molar-refractivity contribution in [2.24, 2.45) is 0 Å². The van der Waals surface area contributed by atoms with Gasteiger partial charge in [0.2, 0.25) is 11.7 Å². The Kier molecular flexibility index (Phi) is 2.98. The lowest BCUT2D eigenvalue weighted by molar-refractivity contribution is 0.322. The lowest BCUT2D eigenvalue weighted by Crippen LogP contribution is -2.28. The van der Waals surface area contributed by atoms with E-state index in [0.29, 0.717) is 17.6 Å². The third-order valence-corrected chi connectivity index (χ3v) is 3.21. The highest BCUT2D eigenvalue weighted by atomic mass is 16.5. The van der Waals surface area contributed by atoms with E-state index in [1.807, 2.05) is 0 Å². The average Bonchev–Trinajstić information content (AvgIpc) is 2.90. The first-order valence-electron chi connectivity index (χ1n) is 6.16. The van der Waals surface area contributed by atoms with Crippen LogP contribution in [0.1, 0.15) is 24.7 Å². The van der Waals surface area contributed by atoms with Crippen LogP contribution < -0.4 is 5.32 Å². The summed E-state index contributed by atoms with van der Waals surface area (Å²) in [6, 6.07) is 6.80. The van der Waals surface area contributed by atoms with Crippen LogP contribution in [-0.4, -0.2) is 28.3 Å². The Morgan fingerprint density at radius 1 is 1.28 bits per heavy atom. The summed E-state index contributed by atoms with van der Waals surface area (Å²) in [5.74, 6) is 1.83. The molecule has 5 nitrogen and oxygen atoms in total. The highest BCUT2D eigenvalue weighted by molar-refractivity contribution is 5.55. The van der Waals surface area contributed by atoms with Crippen molar-refractivity contribution >= 4 is 0 Å². The van der Waals surface area contributed by atoms with E-state index < -0.39 is 0 Å². The van der Waals surface area contributed by atoms with Gasteiger partial charge >= 0.3 is 0 Å². The summed E-state index contributed by atoms with van der Waals surface area (Å²) in [5, 5.41) is 16.6. The molecule has 0 bridgehead atoms. The maximum Gasteiger partial charge on any atom is 0.231 e. The number of nitrogens with one attached hydrogen (secondary N) is 1. The zero-order valence-electron chi connectivity index (χ0n) is 9.97. The molecule has 0 unspecified atom stereocenters. The molecule has 1 aliphatic heterocycles. The van der Waals surface area contributed by atoms with E-state index in [1.54, 1.807) is 24.3 Å². The van der Waals surface area contributed by atoms with Crippen molar-refractivity contribution in [1.29, 1.82) is 0 Å². The van der Waals surface area contributed by atoms with Gasteiger partial charge in [0.1, 0.15) is 5.75 Å². The Bertz CT molecular complexity index is 515. The van der Waals surface area contributed by atoms with E-state index in [1.165, 1.54) is 0 Å². The molecule has 2 aromatic rings. The van der Waals surface area contributed by atoms with Gasteiger partial charge in [0.05, 0.1) is 5.92 Å². The van der Waals surface area contributed by atoms with Crippen molar-refractivity contribution in [2.75, 3.05) is 13.1 Å². The number of benzene rings is 1. The van der Waals surface area contributed by atoms with E-state index in [9.17, 15) is 5.11 Å². The molecule has 0 saturated carbocycles. The van der Waals surface area contributed by atoms with Crippen LogP contribution >= 0.6 is 0 Å². The number of phenols is 1. The number of piperidine rings is 1. The number of aromatic hydroxyl groups is 1. The molecule has 1 atom stereocenters. The van der Waals surface area contributed by atoms with E-state index in [2.05, 4.69) is 15.5 Å². The van der Waals surface area contributed by atoms with Gasteiger partial charge in [-0.1, -0.05) is 5.16 Å². The van der Waals surface area contributed by atoms with Crippen LogP contribution in [0.3, 0.4) is 0 Å². The second-order valence-corrected chi connectivity index (χ2v) is 4.55. The minimum atomic E-state index is 0.235. The molecule has 0 radical (unpaired) electrons. The molecule has 3 rings (SSSR count). The second kappa shape index (κ2) is 4.78. The maximum atomic E-state index is 9.24. The number of hydrogen-bond acceptors (Lipinski definition) is 5. The summed E-state index contributed by atoms with van der Waals surface area (Å²) in [5.41, 5.74) is 0.853. The van der Waals surface area contributed by atoms with Crippen LogP contribution in [-0.2, 0) is 0 Å². The summed E-state index contributed by atoms with van der Waals surface area (Å²) in [4.78, 5) is 4.43. The average molecular weight is 245 g/mol. The van der Waals surface area contributed by atoms with Crippen LogP contribution in [0.5, 0.6) is 5.75 Å². The van der Waals surface area contributed by atoms with Gasteiger partial charge in [0, 0.05) is 12.1 Å². The van der Waals surface area contributed by atoms with Gasteiger partial charge in [-0.3, -0.25) is 0 Å². The summed E-state index contributed by atoms with van der Waals surface area (Å²) in [6.45, 7) is 1.96. The number of phenolic OH excluding ortho intramolecular Hbond substituents is 1. The molecule has 2 heterocycles. The summed E-state index contributed by atoms with van der Waals surface area (Å²) in [6.07, 6.45) is 2.23. The fraction of sp³-hybridized carbons (Fsp3) is 0.385. The third kappa shape index (κ3) is 2.22. The van der Waals surface area contributed by atoms with Crippen molar-refractivity contribution in [3.8, 4) is 17.1 Å². The second-order valence-electron chi connectivity index (χ2n) is 4.55. The fourth-order valence-corrected chi connectivity index (χ4v) is 2.19. The Morgan fingerprint density at radius 2 is 2.11 bits per heavy atom. The lowest BCUT2D eigenvalue weighted by Gasteiger charge is -2.18. The molecule has 1 aromatic carbocycles. The van der Waals surface area contributed by atoms with Gasteiger partial charge < -0.3 is 14.9 Å². The highest BCUT2D eigenvalue weighted by Crippen LogP contribution is 2.25. The predicted octanol–water partition coefficient (Wildman–Crippen LogP) is 1.91. The van der Waals surface area contributed by atoms with E-state index in [0.717, 1.165) is 31.5 Å². The van der Waals surface area contributed by atoms with Crippen LogP contribution in [0.25, 0.3) is 11.4 Å². The van der Waals surface area contributed by atoms with Crippen molar-refractivity contribution in [3.63, 3.8) is 0 Å².